The maximum atomic E-state index is 5.64. The lowest BCUT2D eigenvalue weighted by Gasteiger charge is -1.88. The molecule has 0 fully saturated rings. The van der Waals surface area contributed by atoms with Crippen LogP contribution in [-0.2, 0) is 0 Å². The van der Waals surface area contributed by atoms with E-state index in [0.29, 0.717) is 0 Å². The first-order valence-electron chi connectivity index (χ1n) is 3.89. The Morgan fingerprint density at radius 3 is 1.83 bits per heavy atom. The fourth-order valence-electron chi connectivity index (χ4n) is 0.606. The largest absolute Gasteiger partial charge is 0.130 e. The summed E-state index contributed by atoms with van der Waals surface area (Å²) in [6.07, 6.45) is 1.47. The summed E-state index contributed by atoms with van der Waals surface area (Å²) in [5.41, 5.74) is 1.21. The van der Waals surface area contributed by atoms with E-state index in [-0.39, 0.29) is 0 Å². The molecule has 0 saturated heterocycles. The van der Waals surface area contributed by atoms with Gasteiger partial charge < -0.3 is 0 Å². The van der Waals surface area contributed by atoms with Gasteiger partial charge in [0, 0.05) is 11.4 Å². The van der Waals surface area contributed by atoms with Gasteiger partial charge in [-0.05, 0) is 24.6 Å². The second-order valence-corrected chi connectivity index (χ2v) is 2.24. The van der Waals surface area contributed by atoms with Crippen molar-refractivity contribution in [2.75, 3.05) is 6.38 Å². The molecule has 1 aromatic rings. The van der Waals surface area contributed by atoms with Gasteiger partial charge in [0.05, 0.1) is 0 Å². The van der Waals surface area contributed by atoms with Crippen LogP contribution in [0.5, 0.6) is 0 Å². The van der Waals surface area contributed by atoms with Gasteiger partial charge in [-0.25, -0.2) is 0 Å². The second-order valence-electron chi connectivity index (χ2n) is 1.80. The lowest BCUT2D eigenvalue weighted by atomic mass is 10.2. The SMILES string of the molecule is CC.CCl.Cc1cccc(Cl)c1. The first-order valence-corrected chi connectivity index (χ1v) is 5.02. The summed E-state index contributed by atoms with van der Waals surface area (Å²) in [7, 11) is 0. The number of benzene rings is 1. The third-order valence-corrected chi connectivity index (χ3v) is 1.22. The Bertz CT molecular complexity index is 168. The monoisotopic (exact) mass is 206 g/mol. The molecule has 1 rings (SSSR count). The van der Waals surface area contributed by atoms with Gasteiger partial charge in [0.2, 0.25) is 0 Å². The molecule has 0 amide bonds. The van der Waals surface area contributed by atoms with Crippen LogP contribution in [0.1, 0.15) is 19.4 Å². The molecule has 12 heavy (non-hydrogen) atoms. The smallest absolute Gasteiger partial charge is 0.0408 e. The summed E-state index contributed by atoms with van der Waals surface area (Å²) in [5.74, 6) is 0. The molecule has 0 atom stereocenters. The molecule has 0 aliphatic rings. The minimum Gasteiger partial charge on any atom is -0.130 e. The van der Waals surface area contributed by atoms with Crippen LogP contribution in [0.25, 0.3) is 0 Å². The van der Waals surface area contributed by atoms with Gasteiger partial charge in [-0.15, -0.1) is 11.6 Å². The molecule has 0 unspecified atom stereocenters. The zero-order valence-electron chi connectivity index (χ0n) is 8.07. The number of alkyl halides is 1. The fourth-order valence-corrected chi connectivity index (χ4v) is 0.850. The van der Waals surface area contributed by atoms with Crippen molar-refractivity contribution in [3.63, 3.8) is 0 Å². The highest BCUT2D eigenvalue weighted by molar-refractivity contribution is 6.30. The Kier molecular flexibility index (Phi) is 12.9. The van der Waals surface area contributed by atoms with E-state index in [1.807, 2.05) is 45.0 Å². The molecule has 70 valence electrons. The van der Waals surface area contributed by atoms with Crippen LogP contribution < -0.4 is 0 Å². The third-order valence-electron chi connectivity index (χ3n) is 0.980. The molecule has 2 heteroatoms. The Labute approximate surface area is 85.5 Å². The zero-order valence-corrected chi connectivity index (χ0v) is 9.58. The average Bonchev–Trinajstić information content (AvgIpc) is 2.11. The maximum Gasteiger partial charge on any atom is 0.0408 e. The van der Waals surface area contributed by atoms with E-state index < -0.39 is 0 Å². The molecular weight excluding hydrogens is 191 g/mol. The lowest BCUT2D eigenvalue weighted by molar-refractivity contribution is 1.47. The van der Waals surface area contributed by atoms with Crippen molar-refractivity contribution in [3.8, 4) is 0 Å². The minimum absolute atomic E-state index is 0.810. The van der Waals surface area contributed by atoms with Crippen LogP contribution >= 0.6 is 23.2 Å². The summed E-state index contributed by atoms with van der Waals surface area (Å²) in [5, 5.41) is 0.810. The van der Waals surface area contributed by atoms with E-state index >= 15 is 0 Å². The Hall–Kier alpha value is -0.200. The number of hydrogen-bond acceptors (Lipinski definition) is 0. The summed E-state index contributed by atoms with van der Waals surface area (Å²) in [4.78, 5) is 0. The summed E-state index contributed by atoms with van der Waals surface area (Å²) in [6, 6.07) is 7.76. The second kappa shape index (κ2) is 10.8. The normalized spacial score (nSPS) is 7.17. The molecule has 0 radical (unpaired) electrons. The Balaban J connectivity index is 0. The van der Waals surface area contributed by atoms with E-state index in [2.05, 4.69) is 11.6 Å². The number of hydrogen-bond donors (Lipinski definition) is 0. The van der Waals surface area contributed by atoms with Crippen molar-refractivity contribution in [1.29, 1.82) is 0 Å². The van der Waals surface area contributed by atoms with Crippen LogP contribution in [0.4, 0.5) is 0 Å². The van der Waals surface area contributed by atoms with Crippen molar-refractivity contribution in [1.82, 2.24) is 0 Å². The topological polar surface area (TPSA) is 0 Å². The van der Waals surface area contributed by atoms with Crippen molar-refractivity contribution in [2.45, 2.75) is 20.8 Å². The van der Waals surface area contributed by atoms with Crippen molar-refractivity contribution in [2.24, 2.45) is 0 Å². The van der Waals surface area contributed by atoms with Crippen LogP contribution in [-0.4, -0.2) is 6.38 Å². The highest BCUT2D eigenvalue weighted by Gasteiger charge is 1.82. The van der Waals surface area contributed by atoms with Gasteiger partial charge in [-0.3, -0.25) is 0 Å². The molecule has 1 aromatic carbocycles. The van der Waals surface area contributed by atoms with Crippen LogP contribution in [0.3, 0.4) is 0 Å². The number of halogens is 2. The molecule has 0 N–H and O–H groups in total. The quantitative estimate of drug-likeness (QED) is 0.548. The maximum absolute atomic E-state index is 5.64. The molecule has 0 aliphatic heterocycles. The standard InChI is InChI=1S/C7H7Cl.C2H6.CH3Cl/c1-6-3-2-4-7(8)5-6;2*1-2/h2-5H,1H3;1-2H3;1H3. The van der Waals surface area contributed by atoms with E-state index in [1.165, 1.54) is 11.9 Å². The van der Waals surface area contributed by atoms with Crippen LogP contribution in [0.2, 0.25) is 5.02 Å². The van der Waals surface area contributed by atoms with E-state index in [1.54, 1.807) is 0 Å². The van der Waals surface area contributed by atoms with Gasteiger partial charge in [0.25, 0.3) is 0 Å². The highest BCUT2D eigenvalue weighted by Crippen LogP contribution is 2.08. The van der Waals surface area contributed by atoms with Crippen molar-refractivity contribution in [3.05, 3.63) is 34.9 Å². The predicted molar refractivity (Wildman–Crippen MR) is 59.3 cm³/mol. The minimum atomic E-state index is 0.810. The molecule has 0 saturated carbocycles. The van der Waals surface area contributed by atoms with E-state index in [0.717, 1.165) is 5.02 Å². The molecular formula is C10H16Cl2. The van der Waals surface area contributed by atoms with Crippen molar-refractivity contribution < 1.29 is 0 Å². The van der Waals surface area contributed by atoms with Gasteiger partial charge >= 0.3 is 0 Å². The predicted octanol–water partition coefficient (Wildman–Crippen LogP) is 4.53. The van der Waals surface area contributed by atoms with Gasteiger partial charge in [-0.1, -0.05) is 37.6 Å². The first-order chi connectivity index (χ1) is 5.79. The summed E-state index contributed by atoms with van der Waals surface area (Å²) < 4.78 is 0. The first kappa shape index (κ1) is 14.3. The molecule has 0 spiro atoms. The van der Waals surface area contributed by atoms with Crippen LogP contribution in [0, 0.1) is 6.92 Å². The van der Waals surface area contributed by atoms with Gasteiger partial charge in [-0.2, -0.15) is 0 Å². The van der Waals surface area contributed by atoms with Crippen LogP contribution in [0.15, 0.2) is 24.3 Å². The molecule has 0 nitrogen and oxygen atoms in total. The zero-order chi connectivity index (χ0) is 9.98. The fraction of sp³-hybridized carbons (Fsp3) is 0.400. The number of aryl methyl sites for hydroxylation is 1. The molecule has 0 aliphatic carbocycles. The highest BCUT2D eigenvalue weighted by atomic mass is 35.5. The summed E-state index contributed by atoms with van der Waals surface area (Å²) in [6.45, 7) is 6.02. The molecule has 0 heterocycles. The van der Waals surface area contributed by atoms with Gasteiger partial charge in [0.15, 0.2) is 0 Å². The van der Waals surface area contributed by atoms with Gasteiger partial charge in [0.1, 0.15) is 0 Å². The van der Waals surface area contributed by atoms with E-state index in [9.17, 15) is 0 Å². The Morgan fingerprint density at radius 2 is 1.58 bits per heavy atom. The average molecular weight is 207 g/mol. The summed E-state index contributed by atoms with van der Waals surface area (Å²) >= 11 is 10.3. The third kappa shape index (κ3) is 7.90. The molecule has 0 bridgehead atoms. The molecule has 0 aromatic heterocycles. The lowest BCUT2D eigenvalue weighted by Crippen LogP contribution is -1.66. The van der Waals surface area contributed by atoms with E-state index in [4.69, 9.17) is 11.6 Å². The number of rotatable bonds is 0. The Morgan fingerprint density at radius 1 is 1.08 bits per heavy atom. The van der Waals surface area contributed by atoms with Crippen molar-refractivity contribution >= 4 is 23.2 Å².